The summed E-state index contributed by atoms with van der Waals surface area (Å²) in [5, 5.41) is 2.81. The van der Waals surface area contributed by atoms with Gasteiger partial charge < -0.3 is 10.2 Å². The zero-order valence-electron chi connectivity index (χ0n) is 17.2. The average Bonchev–Trinajstić information content (AvgIpc) is 2.62. The number of nitrogens with one attached hydrogen (secondary N) is 1. The Bertz CT molecular complexity index is 804. The number of carbonyl (C=O) groups is 2. The predicted octanol–water partition coefficient (Wildman–Crippen LogP) is 4.07. The molecule has 2 aromatic carbocycles. The zero-order chi connectivity index (χ0) is 20.2. The summed E-state index contributed by atoms with van der Waals surface area (Å²) >= 11 is 0. The lowest BCUT2D eigenvalue weighted by atomic mass is 9.86. The summed E-state index contributed by atoms with van der Waals surface area (Å²) < 4.78 is 0. The van der Waals surface area contributed by atoms with Crippen LogP contribution in [0.3, 0.4) is 0 Å². The first-order chi connectivity index (χ1) is 12.6. The molecule has 0 saturated heterocycles. The van der Waals surface area contributed by atoms with Gasteiger partial charge in [-0.1, -0.05) is 57.2 Å². The van der Waals surface area contributed by atoms with Gasteiger partial charge in [0.05, 0.1) is 0 Å². The minimum Gasteiger partial charge on any atom is -0.341 e. The van der Waals surface area contributed by atoms with Crippen LogP contribution >= 0.6 is 0 Å². The van der Waals surface area contributed by atoms with Crippen LogP contribution in [-0.4, -0.2) is 29.8 Å². The number of rotatable bonds is 5. The Labute approximate surface area is 162 Å². The molecular formula is C23H30N2O2. The molecule has 27 heavy (non-hydrogen) atoms. The summed E-state index contributed by atoms with van der Waals surface area (Å²) in [6.45, 7) is 10.7. The van der Waals surface area contributed by atoms with E-state index in [0.717, 1.165) is 11.1 Å². The number of aryl methyl sites for hydroxylation is 1. The summed E-state index contributed by atoms with van der Waals surface area (Å²) in [5.74, 6) is -0.349. The second kappa shape index (κ2) is 8.38. The van der Waals surface area contributed by atoms with Crippen LogP contribution in [0.4, 0.5) is 0 Å². The molecule has 1 unspecified atom stereocenters. The van der Waals surface area contributed by atoms with Gasteiger partial charge in [-0.25, -0.2) is 0 Å². The topological polar surface area (TPSA) is 49.4 Å². The van der Waals surface area contributed by atoms with E-state index in [4.69, 9.17) is 0 Å². The van der Waals surface area contributed by atoms with Gasteiger partial charge in [0.15, 0.2) is 0 Å². The lowest BCUT2D eigenvalue weighted by Crippen LogP contribution is -2.45. The first-order valence-corrected chi connectivity index (χ1v) is 9.30. The maximum atomic E-state index is 12.6. The minimum atomic E-state index is -0.589. The van der Waals surface area contributed by atoms with Crippen molar-refractivity contribution in [2.75, 3.05) is 7.05 Å². The Kier molecular flexibility index (Phi) is 6.42. The number of likely N-dealkylation sites (N-methyl/N-ethyl adjacent to an activating group) is 1. The van der Waals surface area contributed by atoms with Crippen molar-refractivity contribution in [3.63, 3.8) is 0 Å². The molecule has 0 aliphatic heterocycles. The van der Waals surface area contributed by atoms with E-state index in [-0.39, 0.29) is 17.2 Å². The van der Waals surface area contributed by atoms with Crippen LogP contribution in [0.1, 0.15) is 54.7 Å². The smallest absolute Gasteiger partial charge is 0.251 e. The molecule has 4 heteroatoms. The van der Waals surface area contributed by atoms with E-state index in [9.17, 15) is 9.59 Å². The van der Waals surface area contributed by atoms with Gasteiger partial charge in [0, 0.05) is 19.2 Å². The van der Waals surface area contributed by atoms with Gasteiger partial charge in [0.1, 0.15) is 6.04 Å². The first-order valence-electron chi connectivity index (χ1n) is 9.30. The largest absolute Gasteiger partial charge is 0.341 e. The molecule has 0 saturated carbocycles. The van der Waals surface area contributed by atoms with Crippen LogP contribution in [0.5, 0.6) is 0 Å². The van der Waals surface area contributed by atoms with E-state index in [1.807, 2.05) is 55.5 Å². The van der Waals surface area contributed by atoms with E-state index in [0.29, 0.717) is 12.1 Å². The molecular weight excluding hydrogens is 336 g/mol. The molecule has 1 atom stereocenters. The maximum Gasteiger partial charge on any atom is 0.251 e. The summed E-state index contributed by atoms with van der Waals surface area (Å²) in [4.78, 5) is 26.7. The Morgan fingerprint density at radius 2 is 1.63 bits per heavy atom. The fraction of sp³-hybridized carbons (Fsp3) is 0.391. The molecule has 2 amide bonds. The molecule has 0 aliphatic rings. The van der Waals surface area contributed by atoms with Crippen molar-refractivity contribution >= 4 is 11.8 Å². The molecule has 0 aromatic heterocycles. The van der Waals surface area contributed by atoms with Gasteiger partial charge in [-0.2, -0.15) is 0 Å². The molecule has 2 aromatic rings. The third-order valence-corrected chi connectivity index (χ3v) is 4.78. The zero-order valence-corrected chi connectivity index (χ0v) is 17.2. The van der Waals surface area contributed by atoms with Crippen LogP contribution in [-0.2, 0) is 16.8 Å². The van der Waals surface area contributed by atoms with Gasteiger partial charge in [-0.05, 0) is 48.1 Å². The Morgan fingerprint density at radius 1 is 1.04 bits per heavy atom. The first kappa shape index (κ1) is 20.7. The number of hydrogen-bond acceptors (Lipinski definition) is 2. The Hall–Kier alpha value is -2.62. The third kappa shape index (κ3) is 5.43. The second-order valence-electron chi connectivity index (χ2n) is 8.14. The summed E-state index contributed by atoms with van der Waals surface area (Å²) in [5.41, 5.74) is 4.01. The average molecular weight is 367 g/mol. The fourth-order valence-electron chi connectivity index (χ4n) is 2.91. The van der Waals surface area contributed by atoms with E-state index in [1.165, 1.54) is 5.56 Å². The highest BCUT2D eigenvalue weighted by Gasteiger charge is 2.21. The molecule has 0 heterocycles. The third-order valence-electron chi connectivity index (χ3n) is 4.78. The normalized spacial score (nSPS) is 12.4. The lowest BCUT2D eigenvalue weighted by molar-refractivity contribution is -0.132. The van der Waals surface area contributed by atoms with Crippen LogP contribution in [0.25, 0.3) is 0 Å². The van der Waals surface area contributed by atoms with Crippen molar-refractivity contribution in [1.29, 1.82) is 0 Å². The highest BCUT2D eigenvalue weighted by Crippen LogP contribution is 2.22. The van der Waals surface area contributed by atoms with Gasteiger partial charge in [0.2, 0.25) is 5.91 Å². The van der Waals surface area contributed by atoms with Crippen molar-refractivity contribution in [3.05, 3.63) is 70.8 Å². The quantitative estimate of drug-likeness (QED) is 0.867. The molecule has 0 aliphatic carbocycles. The van der Waals surface area contributed by atoms with Crippen LogP contribution in [0, 0.1) is 6.92 Å². The highest BCUT2D eigenvalue weighted by molar-refractivity contribution is 5.97. The standard InChI is InChI=1S/C23H30N2O2/c1-16-9-7-8-10-19(16)15-25(6)22(27)17(2)24-21(26)18-11-13-20(14-12-18)23(3,4)5/h7-14,17H,15H2,1-6H3,(H,24,26). The predicted molar refractivity (Wildman–Crippen MR) is 110 cm³/mol. The monoisotopic (exact) mass is 366 g/mol. The summed E-state index contributed by atoms with van der Waals surface area (Å²) in [7, 11) is 1.76. The number of nitrogens with zero attached hydrogens (tertiary/aromatic N) is 1. The van der Waals surface area contributed by atoms with Crippen molar-refractivity contribution in [3.8, 4) is 0 Å². The SMILES string of the molecule is Cc1ccccc1CN(C)C(=O)C(C)NC(=O)c1ccc(C(C)(C)C)cc1. The minimum absolute atomic E-state index is 0.0382. The van der Waals surface area contributed by atoms with Crippen molar-refractivity contribution in [2.45, 2.75) is 52.6 Å². The van der Waals surface area contributed by atoms with Crippen molar-refractivity contribution in [2.24, 2.45) is 0 Å². The fourth-order valence-corrected chi connectivity index (χ4v) is 2.91. The number of amides is 2. The number of hydrogen-bond donors (Lipinski definition) is 1. The number of benzene rings is 2. The summed E-state index contributed by atoms with van der Waals surface area (Å²) in [6, 6.07) is 14.9. The molecule has 0 bridgehead atoms. The van der Waals surface area contributed by atoms with Crippen LogP contribution < -0.4 is 5.32 Å². The van der Waals surface area contributed by atoms with Gasteiger partial charge in [-0.15, -0.1) is 0 Å². The molecule has 0 fully saturated rings. The van der Waals surface area contributed by atoms with E-state index in [1.54, 1.807) is 18.9 Å². The Morgan fingerprint density at radius 3 is 2.19 bits per heavy atom. The van der Waals surface area contributed by atoms with Crippen LogP contribution in [0.15, 0.2) is 48.5 Å². The van der Waals surface area contributed by atoms with Gasteiger partial charge in [-0.3, -0.25) is 9.59 Å². The summed E-state index contributed by atoms with van der Waals surface area (Å²) in [6.07, 6.45) is 0. The van der Waals surface area contributed by atoms with Gasteiger partial charge >= 0.3 is 0 Å². The van der Waals surface area contributed by atoms with E-state index >= 15 is 0 Å². The number of carbonyl (C=O) groups excluding carboxylic acids is 2. The molecule has 2 rings (SSSR count). The van der Waals surface area contributed by atoms with Crippen molar-refractivity contribution < 1.29 is 9.59 Å². The van der Waals surface area contributed by atoms with Gasteiger partial charge in [0.25, 0.3) is 5.91 Å². The molecule has 4 nitrogen and oxygen atoms in total. The molecule has 0 radical (unpaired) electrons. The van der Waals surface area contributed by atoms with Crippen LogP contribution in [0.2, 0.25) is 0 Å². The Balaban J connectivity index is 1.98. The molecule has 1 N–H and O–H groups in total. The van der Waals surface area contributed by atoms with Crippen molar-refractivity contribution in [1.82, 2.24) is 10.2 Å². The lowest BCUT2D eigenvalue weighted by Gasteiger charge is -2.23. The van der Waals surface area contributed by atoms with E-state index in [2.05, 4.69) is 26.1 Å². The molecule has 144 valence electrons. The highest BCUT2D eigenvalue weighted by atomic mass is 16.2. The maximum absolute atomic E-state index is 12.6. The molecule has 0 spiro atoms. The van der Waals surface area contributed by atoms with E-state index < -0.39 is 6.04 Å². The second-order valence-corrected chi connectivity index (χ2v) is 8.14.